The molecular formula is C25H32N4O4. The van der Waals surface area contributed by atoms with E-state index in [1.54, 1.807) is 11.8 Å². The maximum atomic E-state index is 13.8. The van der Waals surface area contributed by atoms with E-state index in [4.69, 9.17) is 4.74 Å². The Bertz CT molecular complexity index is 1080. The highest BCUT2D eigenvalue weighted by molar-refractivity contribution is 6.12. The van der Waals surface area contributed by atoms with Crippen LogP contribution in [0.2, 0.25) is 0 Å². The molecule has 1 aromatic carbocycles. The van der Waals surface area contributed by atoms with Crippen molar-refractivity contribution in [3.63, 3.8) is 0 Å². The van der Waals surface area contributed by atoms with Crippen molar-refractivity contribution in [1.29, 1.82) is 0 Å². The summed E-state index contributed by atoms with van der Waals surface area (Å²) in [6, 6.07) is 7.27. The van der Waals surface area contributed by atoms with Crippen molar-refractivity contribution >= 4 is 23.5 Å². The van der Waals surface area contributed by atoms with Crippen LogP contribution in [0.4, 0.5) is 5.69 Å². The minimum absolute atomic E-state index is 0.0511. The predicted molar refractivity (Wildman–Crippen MR) is 124 cm³/mol. The molecule has 8 heteroatoms. The number of hydrogen-bond acceptors (Lipinski definition) is 5. The van der Waals surface area contributed by atoms with Gasteiger partial charge in [-0.3, -0.25) is 19.2 Å². The number of aryl methyl sites for hydroxylation is 1. The summed E-state index contributed by atoms with van der Waals surface area (Å²) in [5.74, 6) is -1.19. The smallest absolute Gasteiger partial charge is 0.358 e. The maximum Gasteiger partial charge on any atom is 0.358 e. The summed E-state index contributed by atoms with van der Waals surface area (Å²) in [5.41, 5.74) is 1.74. The number of ether oxygens (including phenoxy) is 1. The van der Waals surface area contributed by atoms with Crippen LogP contribution < -0.4 is 10.2 Å². The van der Waals surface area contributed by atoms with Crippen LogP contribution in [0.5, 0.6) is 0 Å². The zero-order chi connectivity index (χ0) is 23.8. The number of aromatic nitrogens is 2. The predicted octanol–water partition coefficient (Wildman–Crippen LogP) is 3.54. The van der Waals surface area contributed by atoms with Gasteiger partial charge in [0, 0.05) is 17.8 Å². The third kappa shape index (κ3) is 4.14. The second-order valence-corrected chi connectivity index (χ2v) is 9.36. The highest BCUT2D eigenvalue weighted by atomic mass is 16.5. The van der Waals surface area contributed by atoms with Crippen molar-refractivity contribution in [2.24, 2.45) is 0 Å². The molecule has 2 heterocycles. The average Bonchev–Trinajstić information content (AvgIpc) is 3.04. The first-order valence-corrected chi connectivity index (χ1v) is 11.6. The van der Waals surface area contributed by atoms with Crippen LogP contribution in [0, 0.1) is 13.8 Å². The maximum absolute atomic E-state index is 13.8. The first-order valence-electron chi connectivity index (χ1n) is 11.6. The Balaban J connectivity index is 1.78. The summed E-state index contributed by atoms with van der Waals surface area (Å²) in [6.45, 7) is 5.85. The fourth-order valence-electron chi connectivity index (χ4n) is 4.91. The molecule has 1 unspecified atom stereocenters. The second kappa shape index (κ2) is 9.00. The highest BCUT2D eigenvalue weighted by Crippen LogP contribution is 2.36. The zero-order valence-electron chi connectivity index (χ0n) is 19.8. The number of carbonyl (C=O) groups excluding carboxylic acids is 3. The normalized spacial score (nSPS) is 21.3. The molecule has 0 radical (unpaired) electrons. The van der Waals surface area contributed by atoms with Crippen molar-refractivity contribution in [2.45, 2.75) is 77.4 Å². The Morgan fingerprint density at radius 1 is 1.15 bits per heavy atom. The number of methoxy groups -OCH3 is 1. The third-order valence-corrected chi connectivity index (χ3v) is 7.04. The molecular weight excluding hydrogens is 420 g/mol. The number of hydrogen-bond donors (Lipinski definition) is 1. The first kappa shape index (κ1) is 23.0. The molecule has 1 fully saturated rings. The first-order chi connectivity index (χ1) is 15.8. The van der Waals surface area contributed by atoms with Crippen LogP contribution in [-0.2, 0) is 16.1 Å². The molecule has 0 bridgehead atoms. The van der Waals surface area contributed by atoms with E-state index >= 15 is 0 Å². The molecule has 1 N–H and O–H groups in total. The fraction of sp³-hybridized carbons (Fsp3) is 0.520. The fourth-order valence-corrected chi connectivity index (χ4v) is 4.91. The standard InChI is InChI=1S/C25H32N4O4/c1-16-10-9-13-20(17(16)2)29-22(30)21-14-19(23(31)33-4)27-28(21)15-25(29,3)24(32)26-18-11-7-5-6-8-12-18/h9-10,13-14,18H,5-8,11-12,15H2,1-4H3,(H,26,32). The van der Waals surface area contributed by atoms with Crippen molar-refractivity contribution < 1.29 is 19.1 Å². The lowest BCUT2D eigenvalue weighted by Crippen LogP contribution is -2.65. The molecule has 8 nitrogen and oxygen atoms in total. The van der Waals surface area contributed by atoms with Gasteiger partial charge in [-0.1, -0.05) is 37.8 Å². The summed E-state index contributed by atoms with van der Waals surface area (Å²) < 4.78 is 6.25. The molecule has 176 valence electrons. The second-order valence-electron chi connectivity index (χ2n) is 9.36. The van der Waals surface area contributed by atoms with Crippen LogP contribution in [0.25, 0.3) is 0 Å². The molecule has 1 saturated carbocycles. The van der Waals surface area contributed by atoms with E-state index in [1.165, 1.54) is 30.7 Å². The summed E-state index contributed by atoms with van der Waals surface area (Å²) in [7, 11) is 1.27. The van der Waals surface area contributed by atoms with E-state index in [0.29, 0.717) is 5.69 Å². The number of nitrogens with zero attached hydrogens (tertiary/aromatic N) is 3. The van der Waals surface area contributed by atoms with Crippen LogP contribution >= 0.6 is 0 Å². The number of amides is 2. The van der Waals surface area contributed by atoms with Crippen LogP contribution in [-0.4, -0.2) is 46.3 Å². The van der Waals surface area contributed by atoms with E-state index in [0.717, 1.165) is 36.8 Å². The number of nitrogens with one attached hydrogen (secondary N) is 1. The monoisotopic (exact) mass is 452 g/mol. The molecule has 2 aromatic rings. The summed E-state index contributed by atoms with van der Waals surface area (Å²) in [6.07, 6.45) is 6.44. The molecule has 0 spiro atoms. The van der Waals surface area contributed by atoms with Gasteiger partial charge >= 0.3 is 5.97 Å². The lowest BCUT2D eigenvalue weighted by Gasteiger charge is -2.44. The van der Waals surface area contributed by atoms with E-state index < -0.39 is 11.5 Å². The van der Waals surface area contributed by atoms with E-state index in [9.17, 15) is 14.4 Å². The van der Waals surface area contributed by atoms with Crippen molar-refractivity contribution in [3.8, 4) is 0 Å². The van der Waals surface area contributed by atoms with Gasteiger partial charge in [0.1, 0.15) is 11.2 Å². The van der Waals surface area contributed by atoms with Gasteiger partial charge in [0.15, 0.2) is 5.69 Å². The van der Waals surface area contributed by atoms with Gasteiger partial charge in [-0.15, -0.1) is 0 Å². The minimum atomic E-state index is -1.21. The quantitative estimate of drug-likeness (QED) is 0.566. The Kier molecular flexibility index (Phi) is 6.28. The van der Waals surface area contributed by atoms with E-state index in [-0.39, 0.29) is 35.8 Å². The zero-order valence-corrected chi connectivity index (χ0v) is 19.8. The molecule has 1 atom stereocenters. The van der Waals surface area contributed by atoms with Crippen molar-refractivity contribution in [3.05, 3.63) is 46.8 Å². The van der Waals surface area contributed by atoms with Crippen molar-refractivity contribution in [2.75, 3.05) is 12.0 Å². The lowest BCUT2D eigenvalue weighted by molar-refractivity contribution is -0.127. The SMILES string of the molecule is COC(=O)c1cc2n(n1)CC(C)(C(=O)NC1CCCCCC1)N(c1cccc(C)c1C)C2=O. The minimum Gasteiger partial charge on any atom is -0.464 e. The van der Waals surface area contributed by atoms with Gasteiger partial charge in [0.05, 0.1) is 13.7 Å². The van der Waals surface area contributed by atoms with Gasteiger partial charge in [-0.25, -0.2) is 4.79 Å². The molecule has 33 heavy (non-hydrogen) atoms. The summed E-state index contributed by atoms with van der Waals surface area (Å²) in [4.78, 5) is 41.3. The molecule has 2 aliphatic rings. The number of esters is 1. The highest BCUT2D eigenvalue weighted by Gasteiger charge is 2.50. The molecule has 1 aliphatic heterocycles. The van der Waals surface area contributed by atoms with Gasteiger partial charge in [0.2, 0.25) is 5.91 Å². The third-order valence-electron chi connectivity index (χ3n) is 7.04. The Labute approximate surface area is 194 Å². The summed E-state index contributed by atoms with van der Waals surface area (Å²) >= 11 is 0. The molecule has 1 aromatic heterocycles. The van der Waals surface area contributed by atoms with Crippen molar-refractivity contribution in [1.82, 2.24) is 15.1 Å². The van der Waals surface area contributed by atoms with E-state index in [1.807, 2.05) is 32.0 Å². The van der Waals surface area contributed by atoms with Gasteiger partial charge < -0.3 is 10.1 Å². The molecule has 2 amide bonds. The van der Waals surface area contributed by atoms with Gasteiger partial charge in [0.25, 0.3) is 5.91 Å². The lowest BCUT2D eigenvalue weighted by atomic mass is 9.91. The Morgan fingerprint density at radius 2 is 1.85 bits per heavy atom. The van der Waals surface area contributed by atoms with Crippen LogP contribution in [0.15, 0.2) is 24.3 Å². The Morgan fingerprint density at radius 3 is 2.52 bits per heavy atom. The number of anilines is 1. The molecule has 1 aliphatic carbocycles. The molecule has 0 saturated heterocycles. The average molecular weight is 453 g/mol. The van der Waals surface area contributed by atoms with E-state index in [2.05, 4.69) is 10.4 Å². The van der Waals surface area contributed by atoms with Crippen LogP contribution in [0.3, 0.4) is 0 Å². The number of benzene rings is 1. The topological polar surface area (TPSA) is 93.5 Å². The largest absolute Gasteiger partial charge is 0.464 e. The van der Waals surface area contributed by atoms with Crippen LogP contribution in [0.1, 0.15) is 77.6 Å². The van der Waals surface area contributed by atoms with Gasteiger partial charge in [-0.05, 0) is 50.8 Å². The number of rotatable bonds is 4. The van der Waals surface area contributed by atoms with Gasteiger partial charge in [-0.2, -0.15) is 5.10 Å². The Hall–Kier alpha value is -3.16. The number of fused-ring (bicyclic) bond motifs is 1. The summed E-state index contributed by atoms with van der Waals surface area (Å²) in [5, 5.41) is 7.52. The number of carbonyl (C=O) groups is 3. The molecule has 4 rings (SSSR count).